The number of aryl methyl sites for hydroxylation is 1. The monoisotopic (exact) mass is 681 g/mol. The van der Waals surface area contributed by atoms with Gasteiger partial charge in [0.1, 0.15) is 24.7 Å². The Morgan fingerprint density at radius 3 is 2.44 bits per heavy atom. The zero-order valence-corrected chi connectivity index (χ0v) is 28.7. The smallest absolute Gasteiger partial charge is 0.325 e. The molecule has 1 aromatic heterocycles. The van der Waals surface area contributed by atoms with E-state index in [0.29, 0.717) is 19.4 Å². The minimum absolute atomic E-state index is 0.263. The highest BCUT2D eigenvalue weighted by molar-refractivity contribution is 6.67. The molecule has 2 aromatic rings. The van der Waals surface area contributed by atoms with Crippen molar-refractivity contribution in [2.45, 2.75) is 82.7 Å². The van der Waals surface area contributed by atoms with E-state index in [1.165, 1.54) is 5.01 Å². The van der Waals surface area contributed by atoms with Gasteiger partial charge in [-0.2, -0.15) is 0 Å². The Bertz CT molecular complexity index is 1430. The first-order valence-electron chi connectivity index (χ1n) is 15.0. The van der Waals surface area contributed by atoms with Crippen LogP contribution in [0.1, 0.15) is 65.6 Å². The highest BCUT2D eigenvalue weighted by Gasteiger charge is 2.35. The summed E-state index contributed by atoms with van der Waals surface area (Å²) in [6.07, 6.45) is 5.46. The molecule has 1 aliphatic rings. The summed E-state index contributed by atoms with van der Waals surface area (Å²) in [4.78, 5) is 56.9. The lowest BCUT2D eigenvalue weighted by Gasteiger charge is -2.35. The molecule has 3 amide bonds. The molecule has 0 radical (unpaired) electrons. The minimum Gasteiger partial charge on any atom is -0.460 e. The fourth-order valence-electron chi connectivity index (χ4n) is 4.69. The highest BCUT2D eigenvalue weighted by Crippen LogP contribution is 2.26. The number of amides is 3. The van der Waals surface area contributed by atoms with E-state index in [0.717, 1.165) is 28.6 Å². The molecule has 0 spiro atoms. The number of halogens is 3. The standard InChI is InChI=1S/C32H42Cl3N5O5/c1-7-23-13-12-22-11-10-21(17-25(22)37-23)14-15-31(5,6)30(44)38-26(19(2)3)27(41)36-20(4)28(42)40-16-8-9-24(39-40)29(43)45-18-32(33,34)35/h10-15,17,19-20,24,26,39H,7-9,16,18H2,1-6H3,(H,36,41)(H,38,44)/b15-14+. The third-order valence-electron chi connectivity index (χ3n) is 7.49. The van der Waals surface area contributed by atoms with Crippen LogP contribution in [0.5, 0.6) is 0 Å². The number of carbonyl (C=O) groups is 4. The average Bonchev–Trinajstić information content (AvgIpc) is 2.99. The summed E-state index contributed by atoms with van der Waals surface area (Å²) in [5.41, 5.74) is 4.69. The number of nitrogens with one attached hydrogen (secondary N) is 3. The van der Waals surface area contributed by atoms with Gasteiger partial charge in [0.2, 0.25) is 15.6 Å². The van der Waals surface area contributed by atoms with Crippen LogP contribution in [0.2, 0.25) is 0 Å². The topological polar surface area (TPSA) is 130 Å². The van der Waals surface area contributed by atoms with Gasteiger partial charge in [-0.05, 0) is 63.6 Å². The Morgan fingerprint density at radius 1 is 1.11 bits per heavy atom. The number of rotatable bonds is 11. The molecule has 1 aliphatic heterocycles. The molecule has 0 aliphatic carbocycles. The van der Waals surface area contributed by atoms with Gasteiger partial charge in [-0.25, -0.2) is 5.43 Å². The number of aromatic nitrogens is 1. The van der Waals surface area contributed by atoms with Crippen LogP contribution in [0.25, 0.3) is 17.0 Å². The maximum atomic E-state index is 13.4. The number of carbonyl (C=O) groups excluding carboxylic acids is 4. The first kappa shape index (κ1) is 36.5. The molecule has 3 N–H and O–H groups in total. The van der Waals surface area contributed by atoms with Crippen molar-refractivity contribution < 1.29 is 23.9 Å². The summed E-state index contributed by atoms with van der Waals surface area (Å²) in [6, 6.07) is 7.36. The zero-order chi connectivity index (χ0) is 33.5. The molecule has 3 unspecified atom stereocenters. The predicted octanol–water partition coefficient (Wildman–Crippen LogP) is 4.89. The molecule has 0 saturated carbocycles. The largest absolute Gasteiger partial charge is 0.460 e. The van der Waals surface area contributed by atoms with Gasteiger partial charge in [0.05, 0.1) is 10.9 Å². The lowest BCUT2D eigenvalue weighted by Crippen LogP contribution is -2.61. The van der Waals surface area contributed by atoms with Gasteiger partial charge in [0, 0.05) is 17.6 Å². The number of pyridine rings is 1. The number of fused-ring (bicyclic) bond motifs is 1. The number of benzene rings is 1. The molecule has 2 heterocycles. The maximum absolute atomic E-state index is 13.4. The molecular weight excluding hydrogens is 641 g/mol. The van der Waals surface area contributed by atoms with E-state index in [9.17, 15) is 19.2 Å². The SMILES string of the molecule is CCc1ccc2ccc(/C=C/C(C)(C)C(=O)NC(C(=O)NC(C)C(=O)N3CCCC(C(=O)OCC(Cl)(Cl)Cl)N3)C(C)C)cc2n1. The Hall–Kier alpha value is -2.92. The molecule has 0 bridgehead atoms. The normalized spacial score (nSPS) is 17.3. The van der Waals surface area contributed by atoms with Crippen molar-refractivity contribution >= 4 is 75.5 Å². The molecular formula is C32H42Cl3N5O5. The minimum atomic E-state index is -1.75. The first-order chi connectivity index (χ1) is 21.0. The van der Waals surface area contributed by atoms with Crippen LogP contribution in [0.15, 0.2) is 36.4 Å². The van der Waals surface area contributed by atoms with Crippen molar-refractivity contribution in [1.29, 1.82) is 0 Å². The highest BCUT2D eigenvalue weighted by atomic mass is 35.6. The van der Waals surface area contributed by atoms with E-state index in [-0.39, 0.29) is 11.8 Å². The number of hydrogen-bond donors (Lipinski definition) is 3. The number of alkyl halides is 3. The first-order valence-corrected chi connectivity index (χ1v) is 16.2. The number of hydrogen-bond acceptors (Lipinski definition) is 7. The Labute approximate surface area is 279 Å². The molecule has 3 rings (SSSR count). The fraction of sp³-hybridized carbons (Fsp3) is 0.531. The van der Waals surface area contributed by atoms with Crippen molar-refractivity contribution in [1.82, 2.24) is 26.1 Å². The van der Waals surface area contributed by atoms with Crippen LogP contribution in [-0.2, 0) is 30.3 Å². The van der Waals surface area contributed by atoms with Gasteiger partial charge in [-0.1, -0.05) is 85.9 Å². The lowest BCUT2D eigenvalue weighted by molar-refractivity contribution is -0.152. The van der Waals surface area contributed by atoms with Crippen molar-refractivity contribution in [2.24, 2.45) is 11.3 Å². The van der Waals surface area contributed by atoms with E-state index in [1.54, 1.807) is 26.8 Å². The maximum Gasteiger partial charge on any atom is 0.325 e. The molecule has 13 heteroatoms. The van der Waals surface area contributed by atoms with Gasteiger partial charge in [0.15, 0.2) is 0 Å². The molecule has 1 aromatic carbocycles. The van der Waals surface area contributed by atoms with Crippen LogP contribution in [0.3, 0.4) is 0 Å². The van der Waals surface area contributed by atoms with E-state index < -0.39 is 51.7 Å². The third-order valence-corrected chi connectivity index (χ3v) is 7.82. The number of nitrogens with zero attached hydrogens (tertiary/aromatic N) is 2. The molecule has 10 nitrogen and oxygen atoms in total. The van der Waals surface area contributed by atoms with Crippen LogP contribution < -0.4 is 16.1 Å². The number of hydrazine groups is 1. The summed E-state index contributed by atoms with van der Waals surface area (Å²) in [6.45, 7) is 10.7. The molecule has 246 valence electrons. The zero-order valence-electron chi connectivity index (χ0n) is 26.5. The van der Waals surface area contributed by atoms with Crippen LogP contribution in [-0.4, -0.2) is 68.8 Å². The van der Waals surface area contributed by atoms with Crippen molar-refractivity contribution in [3.05, 3.63) is 47.7 Å². The van der Waals surface area contributed by atoms with Crippen molar-refractivity contribution in [3.63, 3.8) is 0 Å². The summed E-state index contributed by atoms with van der Waals surface area (Å²) in [5, 5.41) is 7.88. The second kappa shape index (κ2) is 15.6. The van der Waals surface area contributed by atoms with Crippen molar-refractivity contribution in [3.8, 4) is 0 Å². The van der Waals surface area contributed by atoms with Gasteiger partial charge >= 0.3 is 5.97 Å². The van der Waals surface area contributed by atoms with E-state index in [2.05, 4.69) is 28.0 Å². The van der Waals surface area contributed by atoms with Gasteiger partial charge in [0.25, 0.3) is 5.91 Å². The van der Waals surface area contributed by atoms with Crippen LogP contribution >= 0.6 is 34.8 Å². The summed E-state index contributed by atoms with van der Waals surface area (Å²) in [7, 11) is 0. The molecule has 1 saturated heterocycles. The quantitative estimate of drug-likeness (QED) is 0.227. The lowest BCUT2D eigenvalue weighted by atomic mass is 9.89. The fourth-order valence-corrected chi connectivity index (χ4v) is 4.85. The second-order valence-electron chi connectivity index (χ2n) is 12.1. The Kier molecular flexibility index (Phi) is 12.7. The second-order valence-corrected chi connectivity index (χ2v) is 14.6. The number of esters is 1. The van der Waals surface area contributed by atoms with E-state index in [4.69, 9.17) is 39.5 Å². The molecule has 3 atom stereocenters. The van der Waals surface area contributed by atoms with Crippen LogP contribution in [0.4, 0.5) is 0 Å². The van der Waals surface area contributed by atoms with E-state index >= 15 is 0 Å². The summed E-state index contributed by atoms with van der Waals surface area (Å²) >= 11 is 17.0. The summed E-state index contributed by atoms with van der Waals surface area (Å²) in [5.74, 6) is -2.21. The Morgan fingerprint density at radius 2 is 1.80 bits per heavy atom. The van der Waals surface area contributed by atoms with Gasteiger partial charge in [-0.3, -0.25) is 29.2 Å². The summed E-state index contributed by atoms with van der Waals surface area (Å²) < 4.78 is 3.29. The van der Waals surface area contributed by atoms with Gasteiger partial charge in [-0.15, -0.1) is 0 Å². The molecule has 1 fully saturated rings. The van der Waals surface area contributed by atoms with E-state index in [1.807, 2.05) is 50.3 Å². The van der Waals surface area contributed by atoms with Crippen molar-refractivity contribution in [2.75, 3.05) is 13.2 Å². The van der Waals surface area contributed by atoms with Crippen LogP contribution in [0, 0.1) is 11.3 Å². The third kappa shape index (κ3) is 10.6. The Balaban J connectivity index is 1.61. The van der Waals surface area contributed by atoms with Gasteiger partial charge < -0.3 is 15.4 Å². The average molecular weight is 683 g/mol. The number of ether oxygens (including phenoxy) is 1. The molecule has 45 heavy (non-hydrogen) atoms. The predicted molar refractivity (Wildman–Crippen MR) is 177 cm³/mol.